The number of para-hydroxylation sites is 2. The molecule has 1 amide bonds. The molecule has 1 heterocycles. The second-order valence-electron chi connectivity index (χ2n) is 7.97. The van der Waals surface area contributed by atoms with Crippen molar-refractivity contribution < 1.29 is 4.79 Å². The molecule has 2 N–H and O–H groups in total. The number of nitrogens with zero attached hydrogens (tertiary/aromatic N) is 2. The molecule has 1 aromatic carbocycles. The molecule has 23 heavy (non-hydrogen) atoms. The van der Waals surface area contributed by atoms with Crippen LogP contribution >= 0.6 is 0 Å². The van der Waals surface area contributed by atoms with Crippen molar-refractivity contribution in [3.05, 3.63) is 35.7 Å². The van der Waals surface area contributed by atoms with Crippen LogP contribution in [0.5, 0.6) is 0 Å². The highest BCUT2D eigenvalue weighted by Gasteiger charge is 2.62. The Balaban J connectivity index is 1.92. The van der Waals surface area contributed by atoms with Crippen LogP contribution < -0.4 is 5.73 Å². The molecule has 2 aliphatic carbocycles. The number of fused-ring (bicyclic) bond motifs is 3. The molecule has 3 atom stereocenters. The molecule has 120 valence electrons. The van der Waals surface area contributed by atoms with Crippen LogP contribution in [0.1, 0.15) is 62.1 Å². The molecule has 2 fully saturated rings. The Hall–Kier alpha value is -1.97. The maximum Gasteiger partial charge on any atom is 0.269 e. The first-order chi connectivity index (χ1) is 10.8. The molecular weight excluding hydrogens is 286 g/mol. The first-order valence-corrected chi connectivity index (χ1v) is 8.41. The number of benzene rings is 1. The third-order valence-electron chi connectivity index (χ3n) is 6.96. The fraction of sp³-hybridized carbons (Fsp3) is 0.526. The predicted octanol–water partition coefficient (Wildman–Crippen LogP) is 3.66. The van der Waals surface area contributed by atoms with Gasteiger partial charge in [-0.1, -0.05) is 32.9 Å². The molecule has 2 bridgehead atoms. The van der Waals surface area contributed by atoms with Gasteiger partial charge in [-0.15, -0.1) is 0 Å². The Morgan fingerprint density at radius 1 is 1.17 bits per heavy atom. The highest BCUT2D eigenvalue weighted by Crippen LogP contribution is 2.70. The quantitative estimate of drug-likeness (QED) is 0.920. The Morgan fingerprint density at radius 2 is 1.83 bits per heavy atom. The molecule has 0 radical (unpaired) electrons. The maximum absolute atomic E-state index is 12.0. The molecule has 0 aliphatic heterocycles. The van der Waals surface area contributed by atoms with E-state index in [-0.39, 0.29) is 16.7 Å². The van der Waals surface area contributed by atoms with Crippen LogP contribution in [0, 0.1) is 16.7 Å². The minimum absolute atomic E-state index is 0.152. The Bertz CT molecular complexity index is 813. The second-order valence-corrected chi connectivity index (χ2v) is 7.97. The highest BCUT2D eigenvalue weighted by atomic mass is 16.1. The van der Waals surface area contributed by atoms with Crippen LogP contribution in [0.2, 0.25) is 0 Å². The van der Waals surface area contributed by atoms with Gasteiger partial charge in [0, 0.05) is 5.92 Å². The van der Waals surface area contributed by atoms with Crippen LogP contribution in [0.4, 0.5) is 0 Å². The summed E-state index contributed by atoms with van der Waals surface area (Å²) in [5.41, 5.74) is 8.81. The first kappa shape index (κ1) is 14.6. The summed E-state index contributed by atoms with van der Waals surface area (Å²) in [7, 11) is 0. The van der Waals surface area contributed by atoms with E-state index >= 15 is 0 Å². The number of primary amides is 1. The number of amides is 1. The third kappa shape index (κ3) is 1.81. The molecule has 4 nitrogen and oxygen atoms in total. The molecule has 4 heteroatoms. The van der Waals surface area contributed by atoms with E-state index in [9.17, 15) is 4.79 Å². The first-order valence-electron chi connectivity index (χ1n) is 8.41. The molecule has 0 unspecified atom stereocenters. The lowest BCUT2D eigenvalue weighted by atomic mass is 9.65. The standard InChI is InChI=1S/C19H23N3O/c1-18(2)11-8-9-19(18,3)12(10-11)15-16(17(20)23)22-14-7-5-4-6-13(14)21-15/h4-7,11-12H,8-10H2,1-3H3,(H2,20,23)/t11-,12+,19+/m0/s1. The highest BCUT2D eigenvalue weighted by molar-refractivity contribution is 5.94. The molecule has 1 aromatic heterocycles. The zero-order valence-corrected chi connectivity index (χ0v) is 14.0. The van der Waals surface area contributed by atoms with Crippen LogP contribution in [-0.2, 0) is 0 Å². The number of rotatable bonds is 2. The van der Waals surface area contributed by atoms with Crippen LogP contribution in [-0.4, -0.2) is 15.9 Å². The monoisotopic (exact) mass is 309 g/mol. The Morgan fingerprint density at radius 3 is 2.35 bits per heavy atom. The van der Waals surface area contributed by atoms with Gasteiger partial charge in [0.2, 0.25) is 0 Å². The number of hydrogen-bond acceptors (Lipinski definition) is 3. The van der Waals surface area contributed by atoms with Crippen molar-refractivity contribution in [2.75, 3.05) is 0 Å². The van der Waals surface area contributed by atoms with Gasteiger partial charge in [-0.05, 0) is 48.1 Å². The number of hydrogen-bond donors (Lipinski definition) is 1. The summed E-state index contributed by atoms with van der Waals surface area (Å²) in [6, 6.07) is 7.70. The normalized spacial score (nSPS) is 31.6. The van der Waals surface area contributed by atoms with E-state index in [4.69, 9.17) is 10.7 Å². The van der Waals surface area contributed by atoms with E-state index in [1.54, 1.807) is 0 Å². The molecule has 0 spiro atoms. The minimum Gasteiger partial charge on any atom is -0.364 e. The summed E-state index contributed by atoms with van der Waals surface area (Å²) in [6.07, 6.45) is 3.53. The third-order valence-corrected chi connectivity index (χ3v) is 6.96. The van der Waals surface area contributed by atoms with Crippen LogP contribution in [0.15, 0.2) is 24.3 Å². The maximum atomic E-state index is 12.0. The zero-order chi connectivity index (χ0) is 16.4. The summed E-state index contributed by atoms with van der Waals surface area (Å²) < 4.78 is 0. The average molecular weight is 309 g/mol. The van der Waals surface area contributed by atoms with Crippen molar-refractivity contribution in [3.8, 4) is 0 Å². The second kappa shape index (κ2) is 4.53. The molecule has 2 saturated carbocycles. The van der Waals surface area contributed by atoms with Crippen molar-refractivity contribution in [2.24, 2.45) is 22.5 Å². The predicted molar refractivity (Wildman–Crippen MR) is 90.0 cm³/mol. The summed E-state index contributed by atoms with van der Waals surface area (Å²) in [6.45, 7) is 7.08. The van der Waals surface area contributed by atoms with E-state index in [0.29, 0.717) is 11.6 Å². The van der Waals surface area contributed by atoms with Gasteiger partial charge in [0.25, 0.3) is 5.91 Å². The lowest BCUT2D eigenvalue weighted by Crippen LogP contribution is -2.33. The van der Waals surface area contributed by atoms with E-state index in [1.165, 1.54) is 12.8 Å². The van der Waals surface area contributed by atoms with Gasteiger partial charge < -0.3 is 5.73 Å². The summed E-state index contributed by atoms with van der Waals surface area (Å²) in [5, 5.41) is 0. The van der Waals surface area contributed by atoms with E-state index in [0.717, 1.165) is 23.1 Å². The lowest BCUT2D eigenvalue weighted by molar-refractivity contribution is 0.0988. The number of aromatic nitrogens is 2. The van der Waals surface area contributed by atoms with Gasteiger partial charge in [0.05, 0.1) is 16.7 Å². The van der Waals surface area contributed by atoms with Crippen molar-refractivity contribution >= 4 is 16.9 Å². The van der Waals surface area contributed by atoms with Gasteiger partial charge in [0.15, 0.2) is 0 Å². The van der Waals surface area contributed by atoms with Crippen LogP contribution in [0.3, 0.4) is 0 Å². The summed E-state index contributed by atoms with van der Waals surface area (Å²) >= 11 is 0. The lowest BCUT2D eigenvalue weighted by Gasteiger charge is -2.39. The topological polar surface area (TPSA) is 68.9 Å². The molecular formula is C19H23N3O. The van der Waals surface area contributed by atoms with Crippen LogP contribution in [0.25, 0.3) is 11.0 Å². The molecule has 0 saturated heterocycles. The number of carbonyl (C=O) groups excluding carboxylic acids is 1. The van der Waals surface area contributed by atoms with Crippen molar-refractivity contribution in [1.29, 1.82) is 0 Å². The number of carbonyl (C=O) groups is 1. The Labute approximate surface area is 136 Å². The van der Waals surface area contributed by atoms with Gasteiger partial charge >= 0.3 is 0 Å². The van der Waals surface area contributed by atoms with Crippen molar-refractivity contribution in [2.45, 2.75) is 46.0 Å². The average Bonchev–Trinajstić information content (AvgIpc) is 2.86. The number of nitrogens with two attached hydrogens (primary N) is 1. The largest absolute Gasteiger partial charge is 0.364 e. The van der Waals surface area contributed by atoms with E-state index in [1.807, 2.05) is 24.3 Å². The van der Waals surface area contributed by atoms with E-state index in [2.05, 4.69) is 25.8 Å². The molecule has 2 aliphatic rings. The smallest absolute Gasteiger partial charge is 0.269 e. The van der Waals surface area contributed by atoms with Crippen molar-refractivity contribution in [3.63, 3.8) is 0 Å². The van der Waals surface area contributed by atoms with Gasteiger partial charge in [0.1, 0.15) is 5.69 Å². The van der Waals surface area contributed by atoms with Gasteiger partial charge in [-0.25, -0.2) is 9.97 Å². The van der Waals surface area contributed by atoms with Crippen molar-refractivity contribution in [1.82, 2.24) is 9.97 Å². The summed E-state index contributed by atoms with van der Waals surface area (Å²) in [5.74, 6) is 0.477. The zero-order valence-electron chi connectivity index (χ0n) is 14.0. The minimum atomic E-state index is -0.470. The molecule has 2 aromatic rings. The van der Waals surface area contributed by atoms with E-state index < -0.39 is 5.91 Å². The van der Waals surface area contributed by atoms with Gasteiger partial charge in [-0.2, -0.15) is 0 Å². The fourth-order valence-corrected chi connectivity index (χ4v) is 5.06. The SMILES string of the molecule is CC1(C)[C@H]2CC[C@]1(C)[C@@H](c1nc3ccccc3nc1C(N)=O)C2. The van der Waals surface area contributed by atoms with Gasteiger partial charge in [-0.3, -0.25) is 4.79 Å². The fourth-order valence-electron chi connectivity index (χ4n) is 5.06. The Kier molecular flexibility index (Phi) is 2.88. The molecule has 4 rings (SSSR count). The summed E-state index contributed by atoms with van der Waals surface area (Å²) in [4.78, 5) is 21.4.